The zero-order chi connectivity index (χ0) is 26.4. The van der Waals surface area contributed by atoms with Crippen LogP contribution in [-0.4, -0.2) is 12.9 Å². The maximum Gasteiger partial charge on any atom is 0.416 e. The molecule has 0 aliphatic carbocycles. The van der Waals surface area contributed by atoms with Gasteiger partial charge in [-0.15, -0.1) is 0 Å². The molecule has 5 N–H and O–H groups in total. The second-order valence-electron chi connectivity index (χ2n) is 7.26. The molecule has 0 radical (unpaired) electrons. The van der Waals surface area contributed by atoms with Gasteiger partial charge in [0.2, 0.25) is 0 Å². The van der Waals surface area contributed by atoms with E-state index in [0.717, 1.165) is 29.1 Å². The molecule has 0 saturated heterocycles. The van der Waals surface area contributed by atoms with Gasteiger partial charge in [0.05, 0.1) is 5.56 Å². The topological polar surface area (TPSA) is 76.4 Å². The molecule has 0 unspecified atom stereocenters. The molecule has 0 saturated carbocycles. The SMILES string of the molecule is CC.CCCc1ccc(Br)cc1N.CN=C(NCc1ccccc1C(F)(F)F)c1ccccc1N. The lowest BCUT2D eigenvalue weighted by Crippen LogP contribution is -2.26. The van der Waals surface area contributed by atoms with Gasteiger partial charge in [0.1, 0.15) is 5.84 Å². The Bertz CT molecular complexity index is 1080. The Kier molecular flexibility index (Phi) is 12.9. The van der Waals surface area contributed by atoms with E-state index in [9.17, 15) is 13.2 Å². The second-order valence-corrected chi connectivity index (χ2v) is 8.18. The number of aliphatic imine (C=N–C) groups is 1. The number of nitrogens with zero attached hydrogens (tertiary/aromatic N) is 1. The zero-order valence-corrected chi connectivity index (χ0v) is 22.2. The van der Waals surface area contributed by atoms with Crippen LogP contribution in [0.15, 0.2) is 76.2 Å². The van der Waals surface area contributed by atoms with E-state index in [4.69, 9.17) is 11.5 Å². The summed E-state index contributed by atoms with van der Waals surface area (Å²) in [4.78, 5) is 4.07. The first-order chi connectivity index (χ1) is 16.7. The molecule has 3 aromatic rings. The number of amidine groups is 1. The van der Waals surface area contributed by atoms with Crippen LogP contribution in [0.3, 0.4) is 0 Å². The lowest BCUT2D eigenvalue weighted by atomic mass is 10.1. The normalized spacial score (nSPS) is 11.0. The van der Waals surface area contributed by atoms with Gasteiger partial charge in [-0.05, 0) is 47.9 Å². The van der Waals surface area contributed by atoms with E-state index in [2.05, 4.69) is 39.2 Å². The predicted octanol–water partition coefficient (Wildman–Crippen LogP) is 7.46. The lowest BCUT2D eigenvalue weighted by molar-refractivity contribution is -0.138. The number of para-hydroxylation sites is 1. The number of nitrogens with two attached hydrogens (primary N) is 2. The summed E-state index contributed by atoms with van der Waals surface area (Å²) in [6.07, 6.45) is -2.17. The second kappa shape index (κ2) is 15.1. The van der Waals surface area contributed by atoms with Crippen LogP contribution >= 0.6 is 15.9 Å². The number of anilines is 2. The average Bonchev–Trinajstić information content (AvgIpc) is 2.84. The summed E-state index contributed by atoms with van der Waals surface area (Å²) < 4.78 is 39.9. The molecule has 0 fully saturated rings. The Morgan fingerprint density at radius 1 is 0.914 bits per heavy atom. The molecule has 0 aromatic heterocycles. The highest BCUT2D eigenvalue weighted by atomic mass is 79.9. The van der Waals surface area contributed by atoms with E-state index in [0.29, 0.717) is 17.1 Å². The maximum atomic E-state index is 13.0. The van der Waals surface area contributed by atoms with Crippen molar-refractivity contribution >= 4 is 33.1 Å². The summed E-state index contributed by atoms with van der Waals surface area (Å²) in [6, 6.07) is 18.6. The molecule has 0 aliphatic rings. The summed E-state index contributed by atoms with van der Waals surface area (Å²) in [6.45, 7) is 6.16. The third kappa shape index (κ3) is 9.64. The van der Waals surface area contributed by atoms with Gasteiger partial charge in [-0.1, -0.05) is 79.5 Å². The summed E-state index contributed by atoms with van der Waals surface area (Å²) >= 11 is 3.37. The molecule has 8 heteroatoms. The van der Waals surface area contributed by atoms with Crippen LogP contribution in [0.25, 0.3) is 0 Å². The number of rotatable bonds is 5. The predicted molar refractivity (Wildman–Crippen MR) is 145 cm³/mol. The van der Waals surface area contributed by atoms with E-state index in [1.807, 2.05) is 26.0 Å². The molecule has 0 aliphatic heterocycles. The fraction of sp³-hybridized carbons (Fsp3) is 0.296. The fourth-order valence-corrected chi connectivity index (χ4v) is 3.58. The van der Waals surface area contributed by atoms with Gasteiger partial charge < -0.3 is 16.8 Å². The third-order valence-corrected chi connectivity index (χ3v) is 5.33. The number of hydrogen-bond acceptors (Lipinski definition) is 3. The number of halogens is 4. The smallest absolute Gasteiger partial charge is 0.398 e. The Morgan fingerprint density at radius 3 is 2.11 bits per heavy atom. The van der Waals surface area contributed by atoms with E-state index >= 15 is 0 Å². The van der Waals surface area contributed by atoms with E-state index < -0.39 is 11.7 Å². The summed E-state index contributed by atoms with van der Waals surface area (Å²) in [5, 5.41) is 2.93. The van der Waals surface area contributed by atoms with Gasteiger partial charge in [0.25, 0.3) is 0 Å². The molecule has 35 heavy (non-hydrogen) atoms. The molecule has 3 aromatic carbocycles. The van der Waals surface area contributed by atoms with Crippen LogP contribution < -0.4 is 16.8 Å². The van der Waals surface area contributed by atoms with Gasteiger partial charge in [-0.2, -0.15) is 13.2 Å². The van der Waals surface area contributed by atoms with Crippen molar-refractivity contribution in [3.05, 3.63) is 93.5 Å². The number of aryl methyl sites for hydroxylation is 1. The Balaban J connectivity index is 0.000000395. The molecular formula is C27H34BrF3N4. The van der Waals surface area contributed by atoms with Gasteiger partial charge >= 0.3 is 6.18 Å². The largest absolute Gasteiger partial charge is 0.416 e. The number of benzene rings is 3. The van der Waals surface area contributed by atoms with Crippen LogP contribution in [0.4, 0.5) is 24.5 Å². The molecular weight excluding hydrogens is 517 g/mol. The quantitative estimate of drug-likeness (QED) is 0.175. The lowest BCUT2D eigenvalue weighted by Gasteiger charge is -2.15. The van der Waals surface area contributed by atoms with Crippen molar-refractivity contribution in [1.29, 1.82) is 0 Å². The summed E-state index contributed by atoms with van der Waals surface area (Å²) in [5.41, 5.74) is 14.5. The molecule has 0 spiro atoms. The number of nitrogens with one attached hydrogen (secondary N) is 1. The van der Waals surface area contributed by atoms with Crippen molar-refractivity contribution in [2.24, 2.45) is 4.99 Å². The number of hydrogen-bond donors (Lipinski definition) is 3. The van der Waals surface area contributed by atoms with Crippen molar-refractivity contribution in [3.8, 4) is 0 Å². The molecule has 190 valence electrons. The van der Waals surface area contributed by atoms with Crippen LogP contribution in [0.1, 0.15) is 49.4 Å². The molecule has 3 rings (SSSR count). The standard InChI is InChI=1S/C16H16F3N3.C9H12BrN.C2H6/c1-21-15(12-7-3-5-9-14(12)20)22-10-11-6-2-4-8-13(11)16(17,18)19;1-2-3-7-4-5-8(10)6-9(7)11;1-2/h2-9H,10,20H2,1H3,(H,21,22);4-6H,2-3,11H2,1H3;1-2H3. The average molecular weight is 551 g/mol. The van der Waals surface area contributed by atoms with Gasteiger partial charge in [0, 0.05) is 35.0 Å². The van der Waals surface area contributed by atoms with Crippen molar-refractivity contribution < 1.29 is 13.2 Å². The van der Waals surface area contributed by atoms with Gasteiger partial charge in [-0.25, -0.2) is 0 Å². The third-order valence-electron chi connectivity index (χ3n) is 4.84. The monoisotopic (exact) mass is 550 g/mol. The Labute approximate surface area is 214 Å². The molecule has 0 atom stereocenters. The number of nitrogen functional groups attached to an aromatic ring is 2. The van der Waals surface area contributed by atoms with Crippen molar-refractivity contribution in [2.45, 2.75) is 46.3 Å². The van der Waals surface area contributed by atoms with Crippen molar-refractivity contribution in [2.75, 3.05) is 18.5 Å². The first-order valence-corrected chi connectivity index (χ1v) is 12.2. The zero-order valence-electron chi connectivity index (χ0n) is 20.6. The minimum Gasteiger partial charge on any atom is -0.398 e. The summed E-state index contributed by atoms with van der Waals surface area (Å²) in [7, 11) is 1.56. The van der Waals surface area contributed by atoms with Crippen LogP contribution in [0.5, 0.6) is 0 Å². The molecule has 0 bridgehead atoms. The highest BCUT2D eigenvalue weighted by molar-refractivity contribution is 9.10. The van der Waals surface area contributed by atoms with Gasteiger partial charge in [0.15, 0.2) is 0 Å². The van der Waals surface area contributed by atoms with E-state index in [1.54, 1.807) is 37.4 Å². The van der Waals surface area contributed by atoms with Crippen molar-refractivity contribution in [3.63, 3.8) is 0 Å². The van der Waals surface area contributed by atoms with Crippen LogP contribution in [0.2, 0.25) is 0 Å². The van der Waals surface area contributed by atoms with Crippen LogP contribution in [0, 0.1) is 0 Å². The minimum atomic E-state index is -4.38. The van der Waals surface area contributed by atoms with Crippen LogP contribution in [-0.2, 0) is 19.1 Å². The summed E-state index contributed by atoms with van der Waals surface area (Å²) in [5.74, 6) is 0.454. The molecule has 0 amide bonds. The van der Waals surface area contributed by atoms with E-state index in [-0.39, 0.29) is 12.1 Å². The maximum absolute atomic E-state index is 13.0. The highest BCUT2D eigenvalue weighted by Gasteiger charge is 2.32. The fourth-order valence-electron chi connectivity index (χ4n) is 3.20. The first kappa shape index (κ1) is 30.0. The molecule has 4 nitrogen and oxygen atoms in total. The first-order valence-electron chi connectivity index (χ1n) is 11.4. The number of alkyl halides is 3. The van der Waals surface area contributed by atoms with Crippen molar-refractivity contribution in [1.82, 2.24) is 5.32 Å². The van der Waals surface area contributed by atoms with E-state index in [1.165, 1.54) is 17.7 Å². The minimum absolute atomic E-state index is 0.0106. The Morgan fingerprint density at radius 2 is 1.54 bits per heavy atom. The molecule has 0 heterocycles. The Hall–Kier alpha value is -3.00. The van der Waals surface area contributed by atoms with Gasteiger partial charge in [-0.3, -0.25) is 4.99 Å². The highest BCUT2D eigenvalue weighted by Crippen LogP contribution is 2.31.